The van der Waals surface area contributed by atoms with Crippen molar-refractivity contribution in [2.24, 2.45) is 4.99 Å². The molecule has 0 saturated carbocycles. The van der Waals surface area contributed by atoms with Crippen molar-refractivity contribution in [1.29, 1.82) is 0 Å². The summed E-state index contributed by atoms with van der Waals surface area (Å²) >= 11 is 0. The molecule has 27 heavy (non-hydrogen) atoms. The molecule has 0 aliphatic carbocycles. The molecule has 0 spiro atoms. The van der Waals surface area contributed by atoms with Gasteiger partial charge in [-0.25, -0.2) is 9.37 Å². The maximum atomic E-state index is 13.0. The van der Waals surface area contributed by atoms with Crippen LogP contribution in [-0.4, -0.2) is 61.7 Å². The Morgan fingerprint density at radius 2 is 1.93 bits per heavy atom. The Kier molecular flexibility index (Phi) is 6.46. The second kappa shape index (κ2) is 9.21. The molecule has 0 amide bonds. The standard InChI is InChI=1S/C20H26FN5O/c1-16(27-18-8-6-17(21)7-9-18)15-24-20(22-2)26-13-11-25(12-14-26)19-5-3-4-10-23-19/h3-10,16H,11-15H2,1-2H3,(H,22,24). The van der Waals surface area contributed by atoms with Crippen LogP contribution in [0.1, 0.15) is 6.92 Å². The van der Waals surface area contributed by atoms with E-state index < -0.39 is 0 Å². The van der Waals surface area contributed by atoms with E-state index in [2.05, 4.69) is 25.1 Å². The van der Waals surface area contributed by atoms with Crippen LogP contribution >= 0.6 is 0 Å². The Balaban J connectivity index is 1.46. The van der Waals surface area contributed by atoms with E-state index in [9.17, 15) is 4.39 Å². The summed E-state index contributed by atoms with van der Waals surface area (Å²) in [7, 11) is 1.79. The quantitative estimate of drug-likeness (QED) is 0.646. The van der Waals surface area contributed by atoms with E-state index >= 15 is 0 Å². The molecule has 1 aliphatic heterocycles. The van der Waals surface area contributed by atoms with Gasteiger partial charge in [-0.15, -0.1) is 0 Å². The van der Waals surface area contributed by atoms with Gasteiger partial charge in [0.1, 0.15) is 23.5 Å². The first-order valence-electron chi connectivity index (χ1n) is 9.19. The molecule has 3 rings (SSSR count). The van der Waals surface area contributed by atoms with Gasteiger partial charge >= 0.3 is 0 Å². The minimum absolute atomic E-state index is 0.0676. The highest BCUT2D eigenvalue weighted by Crippen LogP contribution is 2.14. The lowest BCUT2D eigenvalue weighted by molar-refractivity contribution is 0.221. The van der Waals surface area contributed by atoms with Gasteiger partial charge in [-0.2, -0.15) is 0 Å². The zero-order valence-electron chi connectivity index (χ0n) is 15.8. The lowest BCUT2D eigenvalue weighted by Crippen LogP contribution is -2.53. The minimum Gasteiger partial charge on any atom is -0.489 e. The first kappa shape index (κ1) is 18.9. The SMILES string of the molecule is CN=C(NCC(C)Oc1ccc(F)cc1)N1CCN(c2ccccn2)CC1. The second-order valence-electron chi connectivity index (χ2n) is 6.47. The van der Waals surface area contributed by atoms with Crippen LogP contribution < -0.4 is 15.0 Å². The monoisotopic (exact) mass is 371 g/mol. The number of ether oxygens (including phenoxy) is 1. The van der Waals surface area contributed by atoms with Crippen LogP contribution in [-0.2, 0) is 0 Å². The van der Waals surface area contributed by atoms with Gasteiger partial charge in [0.15, 0.2) is 5.96 Å². The summed E-state index contributed by atoms with van der Waals surface area (Å²) in [6.45, 7) is 6.15. The Morgan fingerprint density at radius 3 is 2.56 bits per heavy atom. The maximum absolute atomic E-state index is 13.0. The average Bonchev–Trinajstić information content (AvgIpc) is 2.71. The van der Waals surface area contributed by atoms with Crippen LogP contribution in [0.5, 0.6) is 5.75 Å². The van der Waals surface area contributed by atoms with E-state index in [1.54, 1.807) is 19.2 Å². The van der Waals surface area contributed by atoms with Crippen molar-refractivity contribution in [1.82, 2.24) is 15.2 Å². The highest BCUT2D eigenvalue weighted by Gasteiger charge is 2.20. The van der Waals surface area contributed by atoms with E-state index in [1.807, 2.05) is 31.3 Å². The highest BCUT2D eigenvalue weighted by molar-refractivity contribution is 5.80. The lowest BCUT2D eigenvalue weighted by atomic mass is 10.3. The number of piperazine rings is 1. The number of nitrogens with one attached hydrogen (secondary N) is 1. The Morgan fingerprint density at radius 1 is 1.19 bits per heavy atom. The number of nitrogens with zero attached hydrogens (tertiary/aromatic N) is 4. The van der Waals surface area contributed by atoms with E-state index in [-0.39, 0.29) is 11.9 Å². The first-order valence-corrected chi connectivity index (χ1v) is 9.19. The summed E-state index contributed by atoms with van der Waals surface area (Å²) in [4.78, 5) is 13.3. The number of aromatic nitrogens is 1. The number of benzene rings is 1. The van der Waals surface area contributed by atoms with Crippen LogP contribution in [0.4, 0.5) is 10.2 Å². The fourth-order valence-electron chi connectivity index (χ4n) is 3.04. The van der Waals surface area contributed by atoms with Crippen LogP contribution in [0.15, 0.2) is 53.7 Å². The molecule has 1 fully saturated rings. The maximum Gasteiger partial charge on any atom is 0.193 e. The van der Waals surface area contributed by atoms with Crippen molar-refractivity contribution in [2.45, 2.75) is 13.0 Å². The van der Waals surface area contributed by atoms with Crippen molar-refractivity contribution in [3.8, 4) is 5.75 Å². The molecule has 1 saturated heterocycles. The molecular formula is C20H26FN5O. The summed E-state index contributed by atoms with van der Waals surface area (Å²) < 4.78 is 18.8. The largest absolute Gasteiger partial charge is 0.489 e. The number of hydrogen-bond donors (Lipinski definition) is 1. The summed E-state index contributed by atoms with van der Waals surface area (Å²) in [5.74, 6) is 2.27. The summed E-state index contributed by atoms with van der Waals surface area (Å²) in [5, 5.41) is 3.37. The van der Waals surface area contributed by atoms with Crippen molar-refractivity contribution < 1.29 is 9.13 Å². The molecule has 7 heteroatoms. The highest BCUT2D eigenvalue weighted by atomic mass is 19.1. The smallest absolute Gasteiger partial charge is 0.193 e. The van der Waals surface area contributed by atoms with Crippen LogP contribution in [0.25, 0.3) is 0 Å². The molecule has 2 heterocycles. The Labute approximate surface area is 159 Å². The molecule has 1 aromatic carbocycles. The first-order chi connectivity index (χ1) is 13.2. The lowest BCUT2D eigenvalue weighted by Gasteiger charge is -2.37. The third-order valence-electron chi connectivity index (χ3n) is 4.46. The second-order valence-corrected chi connectivity index (χ2v) is 6.47. The minimum atomic E-state index is -0.265. The number of pyridine rings is 1. The average molecular weight is 371 g/mol. The van der Waals surface area contributed by atoms with Crippen molar-refractivity contribution in [2.75, 3.05) is 44.7 Å². The number of guanidine groups is 1. The molecule has 1 atom stereocenters. The normalized spacial score (nSPS) is 16.2. The molecular weight excluding hydrogens is 345 g/mol. The van der Waals surface area contributed by atoms with E-state index in [0.717, 1.165) is 38.0 Å². The van der Waals surface area contributed by atoms with E-state index in [0.29, 0.717) is 12.3 Å². The number of rotatable bonds is 5. The summed E-state index contributed by atoms with van der Waals surface area (Å²) in [6.07, 6.45) is 1.76. The van der Waals surface area contributed by atoms with Gasteiger partial charge in [0, 0.05) is 39.4 Å². The van der Waals surface area contributed by atoms with Crippen molar-refractivity contribution in [3.05, 3.63) is 54.5 Å². The van der Waals surface area contributed by atoms with Gasteiger partial charge in [-0.1, -0.05) is 6.07 Å². The molecule has 144 valence electrons. The third kappa shape index (κ3) is 5.32. The predicted octanol–water partition coefficient (Wildman–Crippen LogP) is 2.39. The summed E-state index contributed by atoms with van der Waals surface area (Å²) in [6, 6.07) is 12.1. The number of anilines is 1. The summed E-state index contributed by atoms with van der Waals surface area (Å²) in [5.41, 5.74) is 0. The van der Waals surface area contributed by atoms with Gasteiger partial charge in [0.25, 0.3) is 0 Å². The number of halogens is 1. The van der Waals surface area contributed by atoms with Crippen LogP contribution in [0, 0.1) is 5.82 Å². The van der Waals surface area contributed by atoms with Crippen LogP contribution in [0.3, 0.4) is 0 Å². The van der Waals surface area contributed by atoms with Gasteiger partial charge in [-0.3, -0.25) is 4.99 Å². The van der Waals surface area contributed by atoms with E-state index in [4.69, 9.17) is 4.74 Å². The van der Waals surface area contributed by atoms with Crippen molar-refractivity contribution >= 4 is 11.8 Å². The van der Waals surface area contributed by atoms with Gasteiger partial charge in [0.05, 0.1) is 6.54 Å². The molecule has 1 N–H and O–H groups in total. The topological polar surface area (TPSA) is 53.0 Å². The number of aliphatic imine (C=N–C) groups is 1. The molecule has 2 aromatic rings. The molecule has 1 aromatic heterocycles. The molecule has 6 nitrogen and oxygen atoms in total. The molecule has 0 radical (unpaired) electrons. The fraction of sp³-hybridized carbons (Fsp3) is 0.400. The third-order valence-corrected chi connectivity index (χ3v) is 4.46. The molecule has 0 bridgehead atoms. The zero-order valence-corrected chi connectivity index (χ0v) is 15.8. The fourth-order valence-corrected chi connectivity index (χ4v) is 3.04. The molecule has 1 aliphatic rings. The van der Waals surface area contributed by atoms with Gasteiger partial charge in [-0.05, 0) is 43.3 Å². The van der Waals surface area contributed by atoms with Gasteiger partial charge in [0.2, 0.25) is 0 Å². The predicted molar refractivity (Wildman–Crippen MR) is 106 cm³/mol. The zero-order chi connectivity index (χ0) is 19.1. The Hall–Kier alpha value is -2.83. The Bertz CT molecular complexity index is 730. The number of hydrogen-bond acceptors (Lipinski definition) is 4. The van der Waals surface area contributed by atoms with Crippen molar-refractivity contribution in [3.63, 3.8) is 0 Å². The molecule has 1 unspecified atom stereocenters. The van der Waals surface area contributed by atoms with E-state index in [1.165, 1.54) is 12.1 Å². The van der Waals surface area contributed by atoms with Crippen LogP contribution in [0.2, 0.25) is 0 Å². The van der Waals surface area contributed by atoms with Gasteiger partial charge < -0.3 is 19.9 Å².